The third-order valence-electron chi connectivity index (χ3n) is 2.27. The third-order valence-corrected chi connectivity index (χ3v) is 2.27. The van der Waals surface area contributed by atoms with Crippen molar-refractivity contribution in [1.82, 2.24) is 0 Å². The normalized spacial score (nSPS) is 36.1. The van der Waals surface area contributed by atoms with Gasteiger partial charge < -0.3 is 9.84 Å². The fourth-order valence-corrected chi connectivity index (χ4v) is 1.84. The molecular weight excluding hydrogens is 156 g/mol. The van der Waals surface area contributed by atoms with Gasteiger partial charge in [-0.25, -0.2) is 0 Å². The van der Waals surface area contributed by atoms with Gasteiger partial charge in [0.05, 0.1) is 0 Å². The Kier molecular flexibility index (Phi) is 2.73. The highest BCUT2D eigenvalue weighted by molar-refractivity contribution is 5.66. The van der Waals surface area contributed by atoms with Crippen molar-refractivity contribution in [1.29, 1.82) is 0 Å². The SMILES string of the molecule is CC(=O)OC1(O)CCCC(C)C1. The highest BCUT2D eigenvalue weighted by Gasteiger charge is 2.35. The van der Waals surface area contributed by atoms with Crippen LogP contribution < -0.4 is 0 Å². The Morgan fingerprint density at radius 1 is 1.67 bits per heavy atom. The zero-order valence-corrected chi connectivity index (χ0v) is 7.67. The van der Waals surface area contributed by atoms with Gasteiger partial charge in [0.2, 0.25) is 5.79 Å². The van der Waals surface area contributed by atoms with Crippen LogP contribution in [0.25, 0.3) is 0 Å². The van der Waals surface area contributed by atoms with Crippen LogP contribution in [0.15, 0.2) is 0 Å². The molecule has 0 amide bonds. The van der Waals surface area contributed by atoms with Crippen LogP contribution in [0, 0.1) is 5.92 Å². The first-order valence-electron chi connectivity index (χ1n) is 4.44. The number of hydrogen-bond donors (Lipinski definition) is 1. The van der Waals surface area contributed by atoms with Crippen LogP contribution in [-0.4, -0.2) is 16.9 Å². The second-order valence-corrected chi connectivity index (χ2v) is 3.74. The number of rotatable bonds is 1. The Morgan fingerprint density at radius 2 is 2.33 bits per heavy atom. The van der Waals surface area contributed by atoms with Crippen molar-refractivity contribution in [2.45, 2.75) is 45.3 Å². The Hall–Kier alpha value is -0.570. The topological polar surface area (TPSA) is 46.5 Å². The fraction of sp³-hybridized carbons (Fsp3) is 0.889. The van der Waals surface area contributed by atoms with Gasteiger partial charge in [-0.3, -0.25) is 4.79 Å². The van der Waals surface area contributed by atoms with E-state index in [0.29, 0.717) is 18.8 Å². The summed E-state index contributed by atoms with van der Waals surface area (Å²) in [5, 5.41) is 9.77. The predicted molar refractivity (Wildman–Crippen MR) is 44.3 cm³/mol. The van der Waals surface area contributed by atoms with E-state index in [4.69, 9.17) is 4.74 Å². The van der Waals surface area contributed by atoms with E-state index in [0.717, 1.165) is 12.8 Å². The highest BCUT2D eigenvalue weighted by Crippen LogP contribution is 2.32. The summed E-state index contributed by atoms with van der Waals surface area (Å²) in [7, 11) is 0. The van der Waals surface area contributed by atoms with Crippen LogP contribution in [0.3, 0.4) is 0 Å². The summed E-state index contributed by atoms with van der Waals surface area (Å²) in [6, 6.07) is 0. The van der Waals surface area contributed by atoms with Gasteiger partial charge in [0.15, 0.2) is 0 Å². The van der Waals surface area contributed by atoms with E-state index in [1.165, 1.54) is 6.92 Å². The maximum Gasteiger partial charge on any atom is 0.305 e. The van der Waals surface area contributed by atoms with E-state index in [1.54, 1.807) is 0 Å². The first-order chi connectivity index (χ1) is 5.52. The number of carbonyl (C=O) groups excluding carboxylic acids is 1. The second kappa shape index (κ2) is 3.44. The number of ether oxygens (including phenoxy) is 1. The second-order valence-electron chi connectivity index (χ2n) is 3.74. The summed E-state index contributed by atoms with van der Waals surface area (Å²) in [5.41, 5.74) is 0. The fourth-order valence-electron chi connectivity index (χ4n) is 1.84. The lowest BCUT2D eigenvalue weighted by atomic mass is 9.86. The molecule has 0 heterocycles. The lowest BCUT2D eigenvalue weighted by molar-refractivity contribution is -0.223. The van der Waals surface area contributed by atoms with Gasteiger partial charge in [0, 0.05) is 19.8 Å². The molecule has 1 saturated carbocycles. The van der Waals surface area contributed by atoms with Crippen molar-refractivity contribution in [2.75, 3.05) is 0 Å². The molecule has 0 aromatic carbocycles. The van der Waals surface area contributed by atoms with Crippen molar-refractivity contribution in [3.63, 3.8) is 0 Å². The molecule has 0 aromatic heterocycles. The molecular formula is C9H16O3. The molecule has 3 nitrogen and oxygen atoms in total. The molecule has 2 atom stereocenters. The van der Waals surface area contributed by atoms with Crippen LogP contribution in [0.4, 0.5) is 0 Å². The molecule has 3 heteroatoms. The van der Waals surface area contributed by atoms with Gasteiger partial charge in [-0.15, -0.1) is 0 Å². The van der Waals surface area contributed by atoms with Gasteiger partial charge in [-0.05, 0) is 12.3 Å². The maximum atomic E-state index is 10.6. The van der Waals surface area contributed by atoms with Crippen molar-refractivity contribution in [2.24, 2.45) is 5.92 Å². The van der Waals surface area contributed by atoms with Crippen LogP contribution >= 0.6 is 0 Å². The van der Waals surface area contributed by atoms with Crippen molar-refractivity contribution >= 4 is 5.97 Å². The van der Waals surface area contributed by atoms with E-state index in [2.05, 4.69) is 6.92 Å². The Morgan fingerprint density at radius 3 is 2.83 bits per heavy atom. The molecule has 12 heavy (non-hydrogen) atoms. The van der Waals surface area contributed by atoms with Gasteiger partial charge in [0.1, 0.15) is 0 Å². The number of carbonyl (C=O) groups is 1. The van der Waals surface area contributed by atoms with Crippen molar-refractivity contribution < 1.29 is 14.6 Å². The molecule has 0 spiro atoms. The van der Waals surface area contributed by atoms with Crippen molar-refractivity contribution in [3.8, 4) is 0 Å². The van der Waals surface area contributed by atoms with Gasteiger partial charge in [-0.1, -0.05) is 13.3 Å². The van der Waals surface area contributed by atoms with E-state index in [1.807, 2.05) is 0 Å². The van der Waals surface area contributed by atoms with E-state index < -0.39 is 11.8 Å². The molecule has 1 N–H and O–H groups in total. The number of esters is 1. The lowest BCUT2D eigenvalue weighted by Crippen LogP contribution is -2.38. The lowest BCUT2D eigenvalue weighted by Gasteiger charge is -2.34. The summed E-state index contributed by atoms with van der Waals surface area (Å²) in [5.74, 6) is -1.13. The average Bonchev–Trinajstić information content (AvgIpc) is 1.82. The summed E-state index contributed by atoms with van der Waals surface area (Å²) < 4.78 is 4.87. The standard InChI is InChI=1S/C9H16O3/c1-7-4-3-5-9(11,6-7)12-8(2)10/h7,11H,3-6H2,1-2H3. The maximum absolute atomic E-state index is 10.6. The summed E-state index contributed by atoms with van der Waals surface area (Å²) in [6.07, 6.45) is 3.21. The molecule has 2 unspecified atom stereocenters. The molecule has 0 aromatic rings. The minimum atomic E-state index is -1.18. The van der Waals surface area contributed by atoms with E-state index in [-0.39, 0.29) is 0 Å². The van der Waals surface area contributed by atoms with Gasteiger partial charge in [-0.2, -0.15) is 0 Å². The van der Waals surface area contributed by atoms with Gasteiger partial charge in [0.25, 0.3) is 0 Å². The molecule has 1 aliphatic carbocycles. The third kappa shape index (κ3) is 2.48. The quantitative estimate of drug-likeness (QED) is 0.481. The Labute approximate surface area is 72.7 Å². The molecule has 0 saturated heterocycles. The summed E-state index contributed by atoms with van der Waals surface area (Å²) >= 11 is 0. The number of aliphatic hydroxyl groups is 1. The first-order valence-corrected chi connectivity index (χ1v) is 4.44. The summed E-state index contributed by atoms with van der Waals surface area (Å²) in [4.78, 5) is 10.6. The molecule has 1 rings (SSSR count). The largest absolute Gasteiger partial charge is 0.433 e. The predicted octanol–water partition coefficient (Wildman–Crippen LogP) is 1.45. The minimum Gasteiger partial charge on any atom is -0.433 e. The molecule has 0 bridgehead atoms. The van der Waals surface area contributed by atoms with E-state index >= 15 is 0 Å². The molecule has 0 radical (unpaired) electrons. The Balaban J connectivity index is 2.51. The molecule has 1 fully saturated rings. The van der Waals surface area contributed by atoms with Crippen LogP contribution in [0.5, 0.6) is 0 Å². The van der Waals surface area contributed by atoms with E-state index in [9.17, 15) is 9.90 Å². The average molecular weight is 172 g/mol. The first kappa shape index (κ1) is 9.52. The van der Waals surface area contributed by atoms with Crippen molar-refractivity contribution in [3.05, 3.63) is 0 Å². The smallest absolute Gasteiger partial charge is 0.305 e. The minimum absolute atomic E-state index is 0.397. The molecule has 1 aliphatic rings. The highest BCUT2D eigenvalue weighted by atomic mass is 16.7. The Bertz CT molecular complexity index is 179. The number of hydrogen-bond acceptors (Lipinski definition) is 3. The zero-order chi connectivity index (χ0) is 9.19. The van der Waals surface area contributed by atoms with Crippen LogP contribution in [-0.2, 0) is 9.53 Å². The van der Waals surface area contributed by atoms with Crippen LogP contribution in [0.2, 0.25) is 0 Å². The monoisotopic (exact) mass is 172 g/mol. The van der Waals surface area contributed by atoms with Crippen LogP contribution in [0.1, 0.15) is 39.5 Å². The van der Waals surface area contributed by atoms with Gasteiger partial charge >= 0.3 is 5.97 Å². The molecule has 0 aliphatic heterocycles. The summed E-state index contributed by atoms with van der Waals surface area (Å²) in [6.45, 7) is 3.39. The molecule has 70 valence electrons. The zero-order valence-electron chi connectivity index (χ0n) is 7.67.